The van der Waals surface area contributed by atoms with Gasteiger partial charge in [-0.2, -0.15) is 0 Å². The number of hydrogen-bond donors (Lipinski definition) is 0. The highest BCUT2D eigenvalue weighted by molar-refractivity contribution is 9.10. The van der Waals surface area contributed by atoms with Crippen molar-refractivity contribution in [3.8, 4) is 0 Å². The van der Waals surface area contributed by atoms with E-state index in [1.165, 1.54) is 20.9 Å². The summed E-state index contributed by atoms with van der Waals surface area (Å²) in [6.07, 6.45) is 3.64. The van der Waals surface area contributed by atoms with Crippen molar-refractivity contribution in [2.24, 2.45) is 0 Å². The van der Waals surface area contributed by atoms with Crippen LogP contribution in [0.3, 0.4) is 0 Å². The first kappa shape index (κ1) is 11.7. The highest BCUT2D eigenvalue weighted by Crippen LogP contribution is 2.34. The fourth-order valence-electron chi connectivity index (χ4n) is 1.38. The van der Waals surface area contributed by atoms with E-state index in [1.807, 2.05) is 18.5 Å². The molecule has 2 aromatic rings. The van der Waals surface area contributed by atoms with Crippen LogP contribution in [0.15, 0.2) is 50.9 Å². The summed E-state index contributed by atoms with van der Waals surface area (Å²) in [5.74, 6) is 0. The van der Waals surface area contributed by atoms with Crippen LogP contribution in [0.1, 0.15) is 11.1 Å². The lowest BCUT2D eigenvalue weighted by atomic mass is 10.2. The number of nitrogens with zero attached hydrogens (tertiary/aromatic N) is 1. The molecule has 0 N–H and O–H groups in total. The molecule has 0 saturated carbocycles. The predicted molar refractivity (Wildman–Crippen MR) is 72.0 cm³/mol. The van der Waals surface area contributed by atoms with E-state index in [0.29, 0.717) is 0 Å². The van der Waals surface area contributed by atoms with Crippen LogP contribution in [-0.4, -0.2) is 4.98 Å². The molecule has 0 fully saturated rings. The second-order valence-corrected chi connectivity index (χ2v) is 5.62. The SMILES string of the molecule is Cc1ccc(C)c(Sc2ccncc2Br)c1. The molecule has 0 bridgehead atoms. The molecule has 1 heterocycles. The Bertz CT molecular complexity index is 511. The van der Waals surface area contributed by atoms with Gasteiger partial charge in [-0.1, -0.05) is 23.9 Å². The minimum atomic E-state index is 1.04. The molecule has 3 heteroatoms. The van der Waals surface area contributed by atoms with Gasteiger partial charge in [0.2, 0.25) is 0 Å². The highest BCUT2D eigenvalue weighted by atomic mass is 79.9. The maximum absolute atomic E-state index is 4.07. The van der Waals surface area contributed by atoms with Gasteiger partial charge in [-0.3, -0.25) is 4.98 Å². The minimum Gasteiger partial charge on any atom is -0.263 e. The van der Waals surface area contributed by atoms with E-state index in [4.69, 9.17) is 0 Å². The van der Waals surface area contributed by atoms with Crippen molar-refractivity contribution >= 4 is 27.7 Å². The number of rotatable bonds is 2. The molecule has 1 aromatic carbocycles. The third-order valence-corrected chi connectivity index (χ3v) is 4.43. The van der Waals surface area contributed by atoms with E-state index in [1.54, 1.807) is 11.8 Å². The third kappa shape index (κ3) is 2.66. The Morgan fingerprint density at radius 3 is 2.69 bits per heavy atom. The molecule has 0 saturated heterocycles. The summed E-state index contributed by atoms with van der Waals surface area (Å²) in [7, 11) is 0. The Morgan fingerprint density at radius 2 is 1.94 bits per heavy atom. The zero-order chi connectivity index (χ0) is 11.5. The predicted octanol–water partition coefficient (Wildman–Crippen LogP) is 4.61. The lowest BCUT2D eigenvalue weighted by Crippen LogP contribution is -1.83. The Hall–Kier alpha value is -0.800. The normalized spacial score (nSPS) is 10.4. The van der Waals surface area contributed by atoms with Gasteiger partial charge in [0, 0.05) is 26.7 Å². The Morgan fingerprint density at radius 1 is 1.12 bits per heavy atom. The average Bonchev–Trinajstić information content (AvgIpc) is 2.27. The van der Waals surface area contributed by atoms with Crippen molar-refractivity contribution in [2.75, 3.05) is 0 Å². The van der Waals surface area contributed by atoms with Crippen LogP contribution in [0.2, 0.25) is 0 Å². The maximum Gasteiger partial charge on any atom is 0.0498 e. The third-order valence-electron chi connectivity index (χ3n) is 2.30. The zero-order valence-electron chi connectivity index (χ0n) is 9.20. The van der Waals surface area contributed by atoms with E-state index >= 15 is 0 Å². The number of halogens is 1. The minimum absolute atomic E-state index is 1.04. The van der Waals surface area contributed by atoms with E-state index in [-0.39, 0.29) is 0 Å². The lowest BCUT2D eigenvalue weighted by Gasteiger charge is -2.07. The fraction of sp³-hybridized carbons (Fsp3) is 0.154. The number of aryl methyl sites for hydroxylation is 2. The zero-order valence-corrected chi connectivity index (χ0v) is 11.6. The van der Waals surface area contributed by atoms with Crippen LogP contribution in [-0.2, 0) is 0 Å². The molecule has 0 aliphatic rings. The topological polar surface area (TPSA) is 12.9 Å². The van der Waals surface area contributed by atoms with Gasteiger partial charge in [-0.15, -0.1) is 0 Å². The van der Waals surface area contributed by atoms with E-state index < -0.39 is 0 Å². The first-order valence-corrected chi connectivity index (χ1v) is 6.62. The van der Waals surface area contributed by atoms with Gasteiger partial charge >= 0.3 is 0 Å². The van der Waals surface area contributed by atoms with Crippen LogP contribution in [0.25, 0.3) is 0 Å². The second kappa shape index (κ2) is 5.02. The Labute approximate surface area is 108 Å². The molecule has 1 nitrogen and oxygen atoms in total. The van der Waals surface area contributed by atoms with Crippen molar-refractivity contribution < 1.29 is 0 Å². The lowest BCUT2D eigenvalue weighted by molar-refractivity contribution is 1.21. The van der Waals surface area contributed by atoms with Gasteiger partial charge in [0.05, 0.1) is 0 Å². The summed E-state index contributed by atoms with van der Waals surface area (Å²) in [5.41, 5.74) is 2.59. The van der Waals surface area contributed by atoms with E-state index in [2.05, 4.69) is 53.0 Å². The molecule has 16 heavy (non-hydrogen) atoms. The first-order valence-electron chi connectivity index (χ1n) is 5.01. The summed E-state index contributed by atoms with van der Waals surface area (Å²) in [6, 6.07) is 8.54. The van der Waals surface area contributed by atoms with Gasteiger partial charge in [0.1, 0.15) is 0 Å². The second-order valence-electron chi connectivity index (χ2n) is 3.68. The highest BCUT2D eigenvalue weighted by Gasteiger charge is 2.04. The average molecular weight is 294 g/mol. The van der Waals surface area contributed by atoms with Crippen molar-refractivity contribution in [1.82, 2.24) is 4.98 Å². The molecular formula is C13H12BrNS. The standard InChI is InChI=1S/C13H12BrNS/c1-9-3-4-10(2)13(7-9)16-12-5-6-15-8-11(12)14/h3-8H,1-2H3. The molecule has 0 spiro atoms. The Balaban J connectivity index is 2.34. The summed E-state index contributed by atoms with van der Waals surface area (Å²) >= 11 is 5.28. The number of hydrogen-bond acceptors (Lipinski definition) is 2. The van der Waals surface area contributed by atoms with Crippen LogP contribution in [0.5, 0.6) is 0 Å². The molecule has 0 aliphatic heterocycles. The fourth-order valence-corrected chi connectivity index (χ4v) is 2.86. The smallest absolute Gasteiger partial charge is 0.0498 e. The largest absolute Gasteiger partial charge is 0.263 e. The van der Waals surface area contributed by atoms with Crippen molar-refractivity contribution in [2.45, 2.75) is 23.6 Å². The monoisotopic (exact) mass is 293 g/mol. The molecule has 2 rings (SSSR count). The summed E-state index contributed by atoms with van der Waals surface area (Å²) in [4.78, 5) is 6.56. The van der Waals surface area contributed by atoms with Crippen LogP contribution >= 0.6 is 27.7 Å². The van der Waals surface area contributed by atoms with Crippen LogP contribution in [0, 0.1) is 13.8 Å². The molecule has 1 aromatic heterocycles. The molecular weight excluding hydrogens is 282 g/mol. The van der Waals surface area contributed by atoms with Crippen LogP contribution < -0.4 is 0 Å². The molecule has 0 amide bonds. The van der Waals surface area contributed by atoms with E-state index in [9.17, 15) is 0 Å². The summed E-state index contributed by atoms with van der Waals surface area (Å²) in [5, 5.41) is 0. The number of benzene rings is 1. The summed E-state index contributed by atoms with van der Waals surface area (Å²) < 4.78 is 1.04. The van der Waals surface area contributed by atoms with Gasteiger partial charge in [0.25, 0.3) is 0 Å². The molecule has 0 radical (unpaired) electrons. The molecule has 0 aliphatic carbocycles. The van der Waals surface area contributed by atoms with E-state index in [0.717, 1.165) is 4.47 Å². The van der Waals surface area contributed by atoms with Gasteiger partial charge in [0.15, 0.2) is 0 Å². The van der Waals surface area contributed by atoms with Gasteiger partial charge < -0.3 is 0 Å². The molecule has 82 valence electrons. The van der Waals surface area contributed by atoms with Crippen molar-refractivity contribution in [3.05, 3.63) is 52.3 Å². The number of aromatic nitrogens is 1. The quantitative estimate of drug-likeness (QED) is 0.802. The van der Waals surface area contributed by atoms with Gasteiger partial charge in [-0.25, -0.2) is 0 Å². The van der Waals surface area contributed by atoms with Crippen molar-refractivity contribution in [3.63, 3.8) is 0 Å². The maximum atomic E-state index is 4.07. The summed E-state index contributed by atoms with van der Waals surface area (Å²) in [6.45, 7) is 4.25. The Kier molecular flexibility index (Phi) is 3.66. The van der Waals surface area contributed by atoms with Gasteiger partial charge in [-0.05, 0) is 53.0 Å². The van der Waals surface area contributed by atoms with Crippen LogP contribution in [0.4, 0.5) is 0 Å². The van der Waals surface area contributed by atoms with Crippen molar-refractivity contribution in [1.29, 1.82) is 0 Å². The number of pyridine rings is 1. The molecule has 0 atom stereocenters. The molecule has 0 unspecified atom stereocenters. The first-order chi connectivity index (χ1) is 7.66.